The van der Waals surface area contributed by atoms with Crippen molar-refractivity contribution in [1.82, 2.24) is 15.5 Å². The Balaban J connectivity index is 0.969. The molecule has 1 aliphatic heterocycles. The van der Waals surface area contributed by atoms with Gasteiger partial charge in [0.1, 0.15) is 0 Å². The molecular weight excluding hydrogens is 446 g/mol. The van der Waals surface area contributed by atoms with Crippen LogP contribution in [0.25, 0.3) is 0 Å². The zero-order valence-corrected chi connectivity index (χ0v) is 21.6. The van der Waals surface area contributed by atoms with Gasteiger partial charge in [0.15, 0.2) is 0 Å². The van der Waals surface area contributed by atoms with Gasteiger partial charge < -0.3 is 15.5 Å². The van der Waals surface area contributed by atoms with Crippen LogP contribution in [0, 0.1) is 35.0 Å². The second-order valence-electron chi connectivity index (χ2n) is 14.5. The van der Waals surface area contributed by atoms with Crippen molar-refractivity contribution >= 4 is 11.8 Å². The average Bonchev–Trinajstić information content (AvgIpc) is 3.25. The van der Waals surface area contributed by atoms with E-state index >= 15 is 0 Å². The van der Waals surface area contributed by atoms with E-state index in [1.807, 2.05) is 4.90 Å². The summed E-state index contributed by atoms with van der Waals surface area (Å²) in [4.78, 5) is 29.3. The zero-order chi connectivity index (χ0) is 24.1. The van der Waals surface area contributed by atoms with Crippen molar-refractivity contribution in [1.29, 1.82) is 0 Å². The number of rotatable bonds is 5. The van der Waals surface area contributed by atoms with Gasteiger partial charge in [-0.3, -0.25) is 9.59 Å². The number of carbonyl (C=O) groups is 2. The van der Waals surface area contributed by atoms with E-state index < -0.39 is 0 Å². The van der Waals surface area contributed by atoms with Gasteiger partial charge in [0.05, 0.1) is 6.54 Å². The molecule has 9 aliphatic rings. The molecule has 0 saturated heterocycles. The molecule has 0 radical (unpaired) electrons. The third-order valence-electron chi connectivity index (χ3n) is 11.8. The van der Waals surface area contributed by atoms with Crippen LogP contribution >= 0.6 is 0 Å². The molecule has 5 nitrogen and oxygen atoms in total. The summed E-state index contributed by atoms with van der Waals surface area (Å²) in [6.07, 6.45) is 14.5. The lowest BCUT2D eigenvalue weighted by atomic mass is 9.48. The van der Waals surface area contributed by atoms with Crippen molar-refractivity contribution in [3.05, 3.63) is 35.4 Å². The normalized spacial score (nSPS) is 45.2. The molecule has 2 unspecified atom stereocenters. The minimum Gasteiger partial charge on any atom is -0.350 e. The van der Waals surface area contributed by atoms with Gasteiger partial charge >= 0.3 is 0 Å². The summed E-state index contributed by atoms with van der Waals surface area (Å²) in [5, 5.41) is 7.61. The first-order valence-corrected chi connectivity index (χ1v) is 14.8. The highest BCUT2D eigenvalue weighted by Gasteiger charge is 2.61. The predicted molar refractivity (Wildman–Crippen MR) is 138 cm³/mol. The lowest BCUT2D eigenvalue weighted by Gasteiger charge is -2.63. The summed E-state index contributed by atoms with van der Waals surface area (Å²) in [6, 6.07) is 8.42. The van der Waals surface area contributed by atoms with E-state index in [-0.39, 0.29) is 22.4 Å². The Bertz CT molecular complexity index is 1040. The van der Waals surface area contributed by atoms with Crippen LogP contribution in [0.15, 0.2) is 24.3 Å². The lowest BCUT2D eigenvalue weighted by Crippen LogP contribution is -2.71. The Hall–Kier alpha value is -1.88. The molecule has 8 aliphatic carbocycles. The van der Waals surface area contributed by atoms with Crippen molar-refractivity contribution in [3.8, 4) is 0 Å². The van der Waals surface area contributed by atoms with Gasteiger partial charge in [-0.15, -0.1) is 0 Å². The maximum absolute atomic E-state index is 14.0. The Kier molecular flexibility index (Phi) is 4.66. The molecule has 8 fully saturated rings. The van der Waals surface area contributed by atoms with Gasteiger partial charge in [0, 0.05) is 29.6 Å². The van der Waals surface area contributed by atoms with Gasteiger partial charge in [0.25, 0.3) is 0 Å². The number of carbonyl (C=O) groups excluding carboxylic acids is 2. The monoisotopic (exact) mass is 487 g/mol. The molecule has 36 heavy (non-hydrogen) atoms. The van der Waals surface area contributed by atoms with E-state index in [9.17, 15) is 9.59 Å². The number of benzene rings is 1. The second-order valence-corrected chi connectivity index (χ2v) is 14.5. The summed E-state index contributed by atoms with van der Waals surface area (Å²) in [5.41, 5.74) is 2.46. The Morgan fingerprint density at radius 1 is 0.750 bits per heavy atom. The Morgan fingerprint density at radius 2 is 1.28 bits per heavy atom. The summed E-state index contributed by atoms with van der Waals surface area (Å²) in [7, 11) is 0. The first-order chi connectivity index (χ1) is 17.4. The molecule has 2 amide bonds. The van der Waals surface area contributed by atoms with E-state index in [2.05, 4.69) is 34.9 Å². The lowest BCUT2D eigenvalue weighted by molar-refractivity contribution is -0.153. The molecule has 0 spiro atoms. The molecule has 0 aromatic heterocycles. The highest BCUT2D eigenvalue weighted by atomic mass is 16.2. The maximum atomic E-state index is 14.0. The Morgan fingerprint density at radius 3 is 1.86 bits per heavy atom. The molecule has 2 N–H and O–H groups in total. The minimum atomic E-state index is -0.0700. The van der Waals surface area contributed by atoms with Crippen molar-refractivity contribution < 1.29 is 9.59 Å². The summed E-state index contributed by atoms with van der Waals surface area (Å²) in [6.45, 7) is 1.90. The van der Waals surface area contributed by atoms with E-state index in [1.165, 1.54) is 49.7 Å². The standard InChI is InChI=1S/C31H41N3O2/c35-27(34-17-25-3-1-2-4-26(25)18-34)16-32-30-12-23-8-24(13-30)15-31(14-23,19-30)33-28(36)29-9-20-5-21(10-29)7-22(6-20)11-29/h1-4,20-24,32H,5-19H2,(H,33,36). The predicted octanol–water partition coefficient (Wildman–Crippen LogP) is 4.54. The van der Waals surface area contributed by atoms with E-state index in [1.54, 1.807) is 0 Å². The smallest absolute Gasteiger partial charge is 0.237 e. The van der Waals surface area contributed by atoms with Crippen molar-refractivity contribution in [3.63, 3.8) is 0 Å². The number of hydrogen-bond acceptors (Lipinski definition) is 3. The highest BCUT2D eigenvalue weighted by molar-refractivity contribution is 5.84. The number of amides is 2. The van der Waals surface area contributed by atoms with Crippen LogP contribution in [-0.2, 0) is 22.7 Å². The number of hydrogen-bond donors (Lipinski definition) is 2. The first-order valence-electron chi connectivity index (χ1n) is 14.8. The average molecular weight is 488 g/mol. The molecule has 1 heterocycles. The van der Waals surface area contributed by atoms with Gasteiger partial charge in [-0.1, -0.05) is 24.3 Å². The van der Waals surface area contributed by atoms with Crippen LogP contribution in [0.1, 0.15) is 88.2 Å². The minimum absolute atomic E-state index is 0.0149. The van der Waals surface area contributed by atoms with Gasteiger partial charge in [-0.05, 0) is 118 Å². The quantitative estimate of drug-likeness (QED) is 0.641. The van der Waals surface area contributed by atoms with E-state index in [0.29, 0.717) is 24.3 Å². The zero-order valence-electron chi connectivity index (χ0n) is 21.6. The second kappa shape index (κ2) is 7.58. The highest BCUT2D eigenvalue weighted by Crippen LogP contribution is 2.62. The summed E-state index contributed by atoms with van der Waals surface area (Å²) < 4.78 is 0. The third kappa shape index (κ3) is 3.44. The van der Waals surface area contributed by atoms with E-state index in [4.69, 9.17) is 0 Å². The molecule has 1 aromatic rings. The number of nitrogens with one attached hydrogen (secondary N) is 2. The molecule has 192 valence electrons. The van der Waals surface area contributed by atoms with Crippen LogP contribution in [0.3, 0.4) is 0 Å². The van der Waals surface area contributed by atoms with Crippen molar-refractivity contribution in [2.45, 2.75) is 101 Å². The largest absolute Gasteiger partial charge is 0.350 e. The maximum Gasteiger partial charge on any atom is 0.237 e. The summed E-state index contributed by atoms with van der Waals surface area (Å²) >= 11 is 0. The number of nitrogens with zero attached hydrogens (tertiary/aromatic N) is 1. The fraction of sp³-hybridized carbons (Fsp3) is 0.742. The number of fused-ring (bicyclic) bond motifs is 1. The third-order valence-corrected chi connectivity index (χ3v) is 11.8. The van der Waals surface area contributed by atoms with Crippen LogP contribution in [-0.4, -0.2) is 34.3 Å². The topological polar surface area (TPSA) is 61.4 Å². The van der Waals surface area contributed by atoms with Gasteiger partial charge in [-0.2, -0.15) is 0 Å². The fourth-order valence-corrected chi connectivity index (χ4v) is 11.3. The first kappa shape index (κ1) is 22.1. The molecule has 1 aromatic carbocycles. The molecule has 5 heteroatoms. The van der Waals surface area contributed by atoms with Crippen LogP contribution in [0.2, 0.25) is 0 Å². The molecular formula is C31H41N3O2. The van der Waals surface area contributed by atoms with Gasteiger partial charge in [-0.25, -0.2) is 0 Å². The van der Waals surface area contributed by atoms with Crippen LogP contribution in [0.5, 0.6) is 0 Å². The molecule has 8 bridgehead atoms. The van der Waals surface area contributed by atoms with Crippen LogP contribution in [0.4, 0.5) is 0 Å². The fourth-order valence-electron chi connectivity index (χ4n) is 11.3. The van der Waals surface area contributed by atoms with Gasteiger partial charge in [0.2, 0.25) is 11.8 Å². The molecule has 2 atom stereocenters. The Labute approximate surface area is 215 Å². The SMILES string of the molecule is O=C(CNC12CC3CC(C1)CC(NC(=O)C14CC5CC(CC(C5)C1)C4)(C3)C2)N1Cc2ccccc2C1. The summed E-state index contributed by atoms with van der Waals surface area (Å²) in [5.74, 6) is 4.39. The van der Waals surface area contributed by atoms with E-state index in [0.717, 1.165) is 69.4 Å². The van der Waals surface area contributed by atoms with Crippen molar-refractivity contribution in [2.24, 2.45) is 35.0 Å². The van der Waals surface area contributed by atoms with Crippen LogP contribution < -0.4 is 10.6 Å². The molecule has 10 rings (SSSR count). The molecule has 8 saturated carbocycles. The van der Waals surface area contributed by atoms with Crippen molar-refractivity contribution in [2.75, 3.05) is 6.54 Å².